The molecular formula is C15H13N5O2. The fraction of sp³-hybridized carbons (Fsp3) is 0.0667. The summed E-state index contributed by atoms with van der Waals surface area (Å²) in [6.07, 6.45) is -1.21. The molecule has 2 aromatic heterocycles. The Bertz CT molecular complexity index is 865. The number of pyridine rings is 1. The first kappa shape index (κ1) is 13.7. The van der Waals surface area contributed by atoms with E-state index in [-0.39, 0.29) is 11.6 Å². The summed E-state index contributed by atoms with van der Waals surface area (Å²) in [5, 5.41) is 10.9. The third kappa shape index (κ3) is 2.51. The molecule has 22 heavy (non-hydrogen) atoms. The van der Waals surface area contributed by atoms with E-state index in [0.717, 1.165) is 17.0 Å². The lowest BCUT2D eigenvalue weighted by Gasteiger charge is -2.09. The molecule has 1 amide bonds. The number of benzene rings is 1. The molecule has 0 aliphatic carbocycles. The van der Waals surface area contributed by atoms with E-state index in [1.165, 1.54) is 6.07 Å². The monoisotopic (exact) mass is 295 g/mol. The molecule has 0 aliphatic heterocycles. The zero-order valence-corrected chi connectivity index (χ0v) is 11.7. The van der Waals surface area contributed by atoms with Crippen LogP contribution in [0.25, 0.3) is 22.3 Å². The molecule has 4 N–H and O–H groups in total. The van der Waals surface area contributed by atoms with Crippen LogP contribution in [0, 0.1) is 6.92 Å². The average molecular weight is 295 g/mol. The lowest BCUT2D eigenvalue weighted by atomic mass is 10.1. The second-order valence-corrected chi connectivity index (χ2v) is 4.71. The van der Waals surface area contributed by atoms with E-state index in [4.69, 9.17) is 10.8 Å². The van der Waals surface area contributed by atoms with Crippen molar-refractivity contribution < 1.29 is 9.90 Å². The number of nitrogens with one attached hydrogen (secondary N) is 1. The largest absolute Gasteiger partial charge is 0.465 e. The molecule has 0 unspecified atom stereocenters. The van der Waals surface area contributed by atoms with E-state index >= 15 is 0 Å². The molecule has 0 bridgehead atoms. The van der Waals surface area contributed by atoms with Crippen molar-refractivity contribution in [1.29, 1.82) is 0 Å². The number of amides is 1. The van der Waals surface area contributed by atoms with Crippen LogP contribution in [0.5, 0.6) is 0 Å². The van der Waals surface area contributed by atoms with Crippen LogP contribution in [0.3, 0.4) is 0 Å². The quantitative estimate of drug-likeness (QED) is 0.669. The van der Waals surface area contributed by atoms with Crippen molar-refractivity contribution in [2.24, 2.45) is 0 Å². The van der Waals surface area contributed by atoms with Crippen LogP contribution in [-0.2, 0) is 0 Å². The predicted molar refractivity (Wildman–Crippen MR) is 83.6 cm³/mol. The maximum atomic E-state index is 10.7. The molecule has 0 spiro atoms. The Morgan fingerprint density at radius 2 is 1.91 bits per heavy atom. The van der Waals surface area contributed by atoms with Gasteiger partial charge in [0.05, 0.1) is 16.9 Å². The number of nitrogen functional groups attached to an aromatic ring is 1. The van der Waals surface area contributed by atoms with E-state index in [0.29, 0.717) is 11.0 Å². The Labute approximate surface area is 125 Å². The normalized spacial score (nSPS) is 10.6. The first-order valence-electron chi connectivity index (χ1n) is 6.55. The number of anilines is 2. The molecule has 110 valence electrons. The number of aromatic nitrogens is 3. The van der Waals surface area contributed by atoms with Crippen LogP contribution >= 0.6 is 0 Å². The van der Waals surface area contributed by atoms with E-state index < -0.39 is 6.09 Å². The van der Waals surface area contributed by atoms with Gasteiger partial charge in [0, 0.05) is 11.6 Å². The maximum absolute atomic E-state index is 10.7. The summed E-state index contributed by atoms with van der Waals surface area (Å²) in [5.41, 5.74) is 9.20. The summed E-state index contributed by atoms with van der Waals surface area (Å²) in [6.45, 7) is 1.84. The van der Waals surface area contributed by atoms with Crippen molar-refractivity contribution in [3.63, 3.8) is 0 Å². The van der Waals surface area contributed by atoms with Gasteiger partial charge in [-0.3, -0.25) is 5.32 Å². The van der Waals surface area contributed by atoms with E-state index in [9.17, 15) is 4.79 Å². The first-order chi connectivity index (χ1) is 10.5. The molecule has 2 heterocycles. The van der Waals surface area contributed by atoms with Gasteiger partial charge in [-0.1, -0.05) is 30.3 Å². The highest BCUT2D eigenvalue weighted by atomic mass is 16.4. The smallest absolute Gasteiger partial charge is 0.410 e. The summed E-state index contributed by atoms with van der Waals surface area (Å²) >= 11 is 0. The van der Waals surface area contributed by atoms with Gasteiger partial charge in [0.1, 0.15) is 11.3 Å². The third-order valence-corrected chi connectivity index (χ3v) is 3.14. The summed E-state index contributed by atoms with van der Waals surface area (Å²) in [6, 6.07) is 11.1. The van der Waals surface area contributed by atoms with Crippen molar-refractivity contribution in [3.05, 3.63) is 42.1 Å². The van der Waals surface area contributed by atoms with E-state index in [1.54, 1.807) is 0 Å². The van der Waals surface area contributed by atoms with Gasteiger partial charge in [0.15, 0.2) is 5.82 Å². The minimum absolute atomic E-state index is 0.124. The molecule has 0 saturated heterocycles. The molecular weight excluding hydrogens is 282 g/mol. The van der Waals surface area contributed by atoms with Crippen LogP contribution in [0.15, 0.2) is 36.4 Å². The standard InChI is InChI=1S/C15H13N5O2/c1-8-12(9-5-3-2-4-6-9)20-13-10(17-8)7-11(18-14(13)16)19-15(21)22/h2-7H,1H3,(H,21,22)(H3,16,18,19). The van der Waals surface area contributed by atoms with Gasteiger partial charge in [-0.05, 0) is 6.92 Å². The molecule has 0 saturated carbocycles. The number of hydrogen-bond donors (Lipinski definition) is 3. The number of hydrogen-bond acceptors (Lipinski definition) is 5. The van der Waals surface area contributed by atoms with Gasteiger partial charge in [-0.2, -0.15) is 0 Å². The fourth-order valence-corrected chi connectivity index (χ4v) is 2.21. The SMILES string of the molecule is Cc1nc2cc(NC(=O)O)nc(N)c2nc1-c1ccccc1. The Balaban J connectivity index is 2.18. The summed E-state index contributed by atoms with van der Waals surface area (Å²) in [4.78, 5) is 23.7. The fourth-order valence-electron chi connectivity index (χ4n) is 2.21. The molecule has 7 nitrogen and oxygen atoms in total. The molecule has 0 fully saturated rings. The Kier molecular flexibility index (Phi) is 3.30. The molecule has 3 aromatic rings. The highest BCUT2D eigenvalue weighted by Gasteiger charge is 2.12. The third-order valence-electron chi connectivity index (χ3n) is 3.14. The van der Waals surface area contributed by atoms with Crippen LogP contribution < -0.4 is 11.1 Å². The summed E-state index contributed by atoms with van der Waals surface area (Å²) < 4.78 is 0. The highest BCUT2D eigenvalue weighted by Crippen LogP contribution is 2.26. The maximum Gasteiger partial charge on any atom is 0.410 e. The molecule has 0 aliphatic rings. The Morgan fingerprint density at radius 1 is 1.18 bits per heavy atom. The van der Waals surface area contributed by atoms with Crippen molar-refractivity contribution in [2.45, 2.75) is 6.92 Å². The van der Waals surface area contributed by atoms with Gasteiger partial charge < -0.3 is 10.8 Å². The van der Waals surface area contributed by atoms with E-state index in [2.05, 4.69) is 20.3 Å². The summed E-state index contributed by atoms with van der Waals surface area (Å²) in [5.74, 6) is 0.254. The highest BCUT2D eigenvalue weighted by molar-refractivity contribution is 5.91. The molecule has 7 heteroatoms. The van der Waals surface area contributed by atoms with Crippen molar-refractivity contribution in [3.8, 4) is 11.3 Å². The number of fused-ring (bicyclic) bond motifs is 1. The van der Waals surface area contributed by atoms with Crippen molar-refractivity contribution >= 4 is 28.8 Å². The van der Waals surface area contributed by atoms with Crippen LogP contribution in [0.1, 0.15) is 5.69 Å². The van der Waals surface area contributed by atoms with Gasteiger partial charge in [-0.15, -0.1) is 0 Å². The second-order valence-electron chi connectivity index (χ2n) is 4.71. The minimum atomic E-state index is -1.21. The summed E-state index contributed by atoms with van der Waals surface area (Å²) in [7, 11) is 0. The second kappa shape index (κ2) is 5.28. The number of carbonyl (C=O) groups is 1. The lowest BCUT2D eigenvalue weighted by molar-refractivity contribution is 0.209. The van der Waals surface area contributed by atoms with Gasteiger partial charge >= 0.3 is 6.09 Å². The molecule has 0 atom stereocenters. The van der Waals surface area contributed by atoms with E-state index in [1.807, 2.05) is 37.3 Å². The Morgan fingerprint density at radius 3 is 2.59 bits per heavy atom. The van der Waals surface area contributed by atoms with Crippen LogP contribution in [0.2, 0.25) is 0 Å². The number of rotatable bonds is 2. The zero-order valence-electron chi connectivity index (χ0n) is 11.7. The van der Waals surface area contributed by atoms with Gasteiger partial charge in [0.2, 0.25) is 0 Å². The Hall–Kier alpha value is -3.22. The predicted octanol–water partition coefficient (Wildman–Crippen LogP) is 2.67. The molecule has 0 radical (unpaired) electrons. The number of carboxylic acid groups (broad SMARTS) is 1. The lowest BCUT2D eigenvalue weighted by Crippen LogP contribution is -2.10. The van der Waals surface area contributed by atoms with Crippen molar-refractivity contribution in [1.82, 2.24) is 15.0 Å². The first-order valence-corrected chi connectivity index (χ1v) is 6.55. The average Bonchev–Trinajstić information content (AvgIpc) is 2.46. The van der Waals surface area contributed by atoms with Crippen LogP contribution in [0.4, 0.5) is 16.4 Å². The minimum Gasteiger partial charge on any atom is -0.465 e. The molecule has 1 aromatic carbocycles. The number of nitrogens with two attached hydrogens (primary N) is 1. The van der Waals surface area contributed by atoms with Gasteiger partial charge in [0.25, 0.3) is 0 Å². The number of nitrogens with zero attached hydrogens (tertiary/aromatic N) is 3. The van der Waals surface area contributed by atoms with Crippen LogP contribution in [-0.4, -0.2) is 26.2 Å². The zero-order chi connectivity index (χ0) is 15.7. The van der Waals surface area contributed by atoms with Crippen molar-refractivity contribution in [2.75, 3.05) is 11.1 Å². The van der Waals surface area contributed by atoms with Gasteiger partial charge in [-0.25, -0.2) is 19.7 Å². The molecule has 3 rings (SSSR count). The number of aryl methyl sites for hydroxylation is 1. The topological polar surface area (TPSA) is 114 Å².